The molecule has 0 unspecified atom stereocenters. The number of nitrogens with zero attached hydrogens (tertiary/aromatic N) is 1. The molecule has 1 aliphatic rings. The molecule has 0 saturated heterocycles. The molecule has 0 spiro atoms. The number of aromatic nitrogens is 1. The van der Waals surface area contributed by atoms with Gasteiger partial charge in [-0.15, -0.1) is 0 Å². The predicted octanol–water partition coefficient (Wildman–Crippen LogP) is 2.33. The Morgan fingerprint density at radius 2 is 2.30 bits per heavy atom. The highest BCUT2D eigenvalue weighted by atomic mass is 79.9. The standard InChI is InChI=1S/C8H8BrN/c9-7-4-5-10-8-3-1-2-6(7)8/h4-5H,1-3H2. The van der Waals surface area contributed by atoms with Gasteiger partial charge in [-0.05, 0) is 30.9 Å². The number of aryl methyl sites for hydroxylation is 1. The molecule has 0 aromatic carbocycles. The molecule has 1 aromatic rings. The van der Waals surface area contributed by atoms with Gasteiger partial charge in [-0.3, -0.25) is 4.98 Å². The molecule has 0 bridgehead atoms. The molecule has 1 aliphatic carbocycles. The fraction of sp³-hybridized carbons (Fsp3) is 0.375. The summed E-state index contributed by atoms with van der Waals surface area (Å²) >= 11 is 3.51. The zero-order valence-corrected chi connectivity index (χ0v) is 7.19. The first-order valence-corrected chi connectivity index (χ1v) is 4.29. The van der Waals surface area contributed by atoms with Crippen LogP contribution in [0.4, 0.5) is 0 Å². The molecule has 0 atom stereocenters. The molecule has 10 heavy (non-hydrogen) atoms. The summed E-state index contributed by atoms with van der Waals surface area (Å²) in [6, 6.07) is 2.02. The zero-order chi connectivity index (χ0) is 6.97. The molecule has 1 aromatic heterocycles. The number of halogens is 1. The Bertz CT molecular complexity index is 257. The highest BCUT2D eigenvalue weighted by molar-refractivity contribution is 9.10. The average molecular weight is 198 g/mol. The van der Waals surface area contributed by atoms with Gasteiger partial charge < -0.3 is 0 Å². The maximum atomic E-state index is 4.29. The van der Waals surface area contributed by atoms with E-state index in [4.69, 9.17) is 0 Å². The van der Waals surface area contributed by atoms with Crippen molar-refractivity contribution in [1.29, 1.82) is 0 Å². The maximum absolute atomic E-state index is 4.29. The lowest BCUT2D eigenvalue weighted by atomic mass is 10.2. The summed E-state index contributed by atoms with van der Waals surface area (Å²) in [7, 11) is 0. The predicted molar refractivity (Wildman–Crippen MR) is 44.0 cm³/mol. The second-order valence-electron chi connectivity index (χ2n) is 2.57. The van der Waals surface area contributed by atoms with Gasteiger partial charge in [-0.2, -0.15) is 0 Å². The lowest BCUT2D eigenvalue weighted by Crippen LogP contribution is -1.86. The Morgan fingerprint density at radius 1 is 1.40 bits per heavy atom. The Hall–Kier alpha value is -0.370. The van der Waals surface area contributed by atoms with E-state index >= 15 is 0 Å². The van der Waals surface area contributed by atoms with Crippen LogP contribution in [-0.2, 0) is 12.8 Å². The van der Waals surface area contributed by atoms with Gasteiger partial charge in [0.2, 0.25) is 0 Å². The molecule has 0 radical (unpaired) electrons. The first-order chi connectivity index (χ1) is 4.88. The van der Waals surface area contributed by atoms with Crippen LogP contribution in [0.5, 0.6) is 0 Å². The SMILES string of the molecule is Brc1ccnc2c1CCC2. The Kier molecular flexibility index (Phi) is 1.49. The maximum Gasteiger partial charge on any atom is 0.0446 e. The minimum atomic E-state index is 1.16. The first-order valence-electron chi connectivity index (χ1n) is 3.50. The second kappa shape index (κ2) is 2.35. The van der Waals surface area contributed by atoms with Crippen LogP contribution in [0, 0.1) is 0 Å². The third kappa shape index (κ3) is 0.870. The average Bonchev–Trinajstić information content (AvgIpc) is 2.36. The van der Waals surface area contributed by atoms with Crippen molar-refractivity contribution in [3.63, 3.8) is 0 Å². The molecule has 52 valence electrons. The number of fused-ring (bicyclic) bond motifs is 1. The van der Waals surface area contributed by atoms with Crippen molar-refractivity contribution in [3.05, 3.63) is 28.0 Å². The van der Waals surface area contributed by atoms with Crippen LogP contribution in [0.1, 0.15) is 17.7 Å². The van der Waals surface area contributed by atoms with Crippen LogP contribution in [-0.4, -0.2) is 4.98 Å². The lowest BCUT2D eigenvalue weighted by molar-refractivity contribution is 0.899. The van der Waals surface area contributed by atoms with Crippen molar-refractivity contribution in [1.82, 2.24) is 4.98 Å². The smallest absolute Gasteiger partial charge is 0.0446 e. The summed E-state index contributed by atoms with van der Waals surface area (Å²) in [6.45, 7) is 0. The van der Waals surface area contributed by atoms with Crippen LogP contribution >= 0.6 is 15.9 Å². The van der Waals surface area contributed by atoms with E-state index in [-0.39, 0.29) is 0 Å². The summed E-state index contributed by atoms with van der Waals surface area (Å²) in [6.07, 6.45) is 5.50. The highest BCUT2D eigenvalue weighted by Crippen LogP contribution is 2.26. The molecule has 2 rings (SSSR count). The number of hydrogen-bond acceptors (Lipinski definition) is 1. The van der Waals surface area contributed by atoms with E-state index in [1.807, 2.05) is 12.3 Å². The monoisotopic (exact) mass is 197 g/mol. The van der Waals surface area contributed by atoms with Crippen molar-refractivity contribution in [2.45, 2.75) is 19.3 Å². The van der Waals surface area contributed by atoms with Gasteiger partial charge >= 0.3 is 0 Å². The minimum Gasteiger partial charge on any atom is -0.261 e. The van der Waals surface area contributed by atoms with Crippen LogP contribution in [0.2, 0.25) is 0 Å². The number of hydrogen-bond donors (Lipinski definition) is 0. The number of pyridine rings is 1. The minimum absolute atomic E-state index is 1.16. The lowest BCUT2D eigenvalue weighted by Gasteiger charge is -1.98. The Labute approximate surface area is 68.6 Å². The van der Waals surface area contributed by atoms with Gasteiger partial charge in [0.25, 0.3) is 0 Å². The van der Waals surface area contributed by atoms with Crippen molar-refractivity contribution in [2.24, 2.45) is 0 Å². The summed E-state index contributed by atoms with van der Waals surface area (Å²) in [5, 5.41) is 0. The van der Waals surface area contributed by atoms with Crippen LogP contribution in [0.25, 0.3) is 0 Å². The quantitative estimate of drug-likeness (QED) is 0.623. The molecular weight excluding hydrogens is 190 g/mol. The van der Waals surface area contributed by atoms with E-state index in [0.717, 1.165) is 6.42 Å². The van der Waals surface area contributed by atoms with Crippen LogP contribution in [0.15, 0.2) is 16.7 Å². The van der Waals surface area contributed by atoms with Crippen molar-refractivity contribution >= 4 is 15.9 Å². The van der Waals surface area contributed by atoms with Crippen LogP contribution < -0.4 is 0 Å². The van der Waals surface area contributed by atoms with Gasteiger partial charge in [0, 0.05) is 16.4 Å². The molecule has 1 heterocycles. The molecule has 0 aliphatic heterocycles. The molecule has 0 fully saturated rings. The fourth-order valence-electron chi connectivity index (χ4n) is 1.42. The fourth-order valence-corrected chi connectivity index (χ4v) is 1.97. The first kappa shape index (κ1) is 6.35. The normalized spacial score (nSPS) is 15.3. The third-order valence-electron chi connectivity index (χ3n) is 1.93. The molecule has 0 saturated carbocycles. The molecule has 0 amide bonds. The van der Waals surface area contributed by atoms with E-state index in [0.29, 0.717) is 0 Å². The Morgan fingerprint density at radius 3 is 3.10 bits per heavy atom. The van der Waals surface area contributed by atoms with E-state index < -0.39 is 0 Å². The summed E-state index contributed by atoms with van der Waals surface area (Å²) in [5.74, 6) is 0. The molecular formula is C8H8BrN. The van der Waals surface area contributed by atoms with Gasteiger partial charge in [-0.1, -0.05) is 15.9 Å². The second-order valence-corrected chi connectivity index (χ2v) is 3.43. The van der Waals surface area contributed by atoms with Gasteiger partial charge in [0.1, 0.15) is 0 Å². The molecule has 2 heteroatoms. The highest BCUT2D eigenvalue weighted by Gasteiger charge is 2.13. The van der Waals surface area contributed by atoms with Gasteiger partial charge in [0.05, 0.1) is 0 Å². The van der Waals surface area contributed by atoms with E-state index in [9.17, 15) is 0 Å². The van der Waals surface area contributed by atoms with E-state index in [1.165, 1.54) is 28.6 Å². The van der Waals surface area contributed by atoms with Gasteiger partial charge in [-0.25, -0.2) is 0 Å². The summed E-state index contributed by atoms with van der Waals surface area (Å²) < 4.78 is 1.23. The van der Waals surface area contributed by atoms with Crippen LogP contribution in [0.3, 0.4) is 0 Å². The largest absolute Gasteiger partial charge is 0.261 e. The van der Waals surface area contributed by atoms with Crippen molar-refractivity contribution in [3.8, 4) is 0 Å². The number of rotatable bonds is 0. The van der Waals surface area contributed by atoms with E-state index in [1.54, 1.807) is 0 Å². The summed E-state index contributed by atoms with van der Waals surface area (Å²) in [4.78, 5) is 4.29. The molecule has 1 nitrogen and oxygen atoms in total. The zero-order valence-electron chi connectivity index (χ0n) is 5.60. The topological polar surface area (TPSA) is 12.9 Å². The van der Waals surface area contributed by atoms with E-state index in [2.05, 4.69) is 20.9 Å². The Balaban J connectivity index is 2.59. The summed E-state index contributed by atoms with van der Waals surface area (Å²) in [5.41, 5.74) is 2.71. The van der Waals surface area contributed by atoms with Crippen molar-refractivity contribution < 1.29 is 0 Å². The van der Waals surface area contributed by atoms with Crippen molar-refractivity contribution in [2.75, 3.05) is 0 Å². The third-order valence-corrected chi connectivity index (χ3v) is 2.67. The van der Waals surface area contributed by atoms with Gasteiger partial charge in [0.15, 0.2) is 0 Å². The molecule has 0 N–H and O–H groups in total.